The van der Waals surface area contributed by atoms with Crippen LogP contribution in [0.25, 0.3) is 10.8 Å². The first-order chi connectivity index (χ1) is 18.2. The fourth-order valence-corrected chi connectivity index (χ4v) is 7.36. The first kappa shape index (κ1) is 25.6. The van der Waals surface area contributed by atoms with Crippen LogP contribution in [0.1, 0.15) is 44.7 Å². The van der Waals surface area contributed by atoms with Gasteiger partial charge in [0, 0.05) is 12.4 Å². The topological polar surface area (TPSA) is 73.6 Å². The highest BCUT2D eigenvalue weighted by Crippen LogP contribution is 2.66. The van der Waals surface area contributed by atoms with Crippen LogP contribution in [0.5, 0.6) is 0 Å². The van der Waals surface area contributed by atoms with Crippen LogP contribution in [-0.4, -0.2) is 37.3 Å². The van der Waals surface area contributed by atoms with E-state index in [1.165, 1.54) is 22.8 Å². The average Bonchev–Trinajstić information content (AvgIpc) is 3.28. The Balaban J connectivity index is 1.19. The molecule has 1 heterocycles. The third kappa shape index (κ3) is 4.57. The van der Waals surface area contributed by atoms with Crippen LogP contribution in [0.15, 0.2) is 72.8 Å². The van der Waals surface area contributed by atoms with Crippen molar-refractivity contribution in [3.05, 3.63) is 83.9 Å². The van der Waals surface area contributed by atoms with Gasteiger partial charge in [-0.1, -0.05) is 86.6 Å². The van der Waals surface area contributed by atoms with Crippen LogP contribution in [0.2, 0.25) is 5.82 Å². The Bertz CT molecular complexity index is 1310. The minimum absolute atomic E-state index is 0.0215. The van der Waals surface area contributed by atoms with E-state index in [4.69, 9.17) is 15.0 Å². The molecular weight excluding hydrogens is 471 g/mol. The van der Waals surface area contributed by atoms with Crippen LogP contribution in [0.3, 0.4) is 0 Å². The largest absolute Gasteiger partial charge is 0.463 e. The number of hydrogen-bond acceptors (Lipinski definition) is 4. The monoisotopic (exact) mass is 510 g/mol. The highest BCUT2D eigenvalue weighted by molar-refractivity contribution is 6.47. The summed E-state index contributed by atoms with van der Waals surface area (Å²) in [5.74, 6) is 1.04. The van der Waals surface area contributed by atoms with E-state index in [9.17, 15) is 4.79 Å². The molecule has 4 aliphatic rings. The van der Waals surface area contributed by atoms with Crippen LogP contribution in [0, 0.1) is 17.3 Å². The molecular formula is C32H39BN2O3. The molecule has 0 radical (unpaired) electrons. The average molecular weight is 510 g/mol. The summed E-state index contributed by atoms with van der Waals surface area (Å²) in [5, 5.41) is 5.59. The van der Waals surface area contributed by atoms with Gasteiger partial charge in [-0.15, -0.1) is 0 Å². The lowest BCUT2D eigenvalue weighted by Gasteiger charge is -2.64. The second-order valence-electron chi connectivity index (χ2n) is 12.5. The highest BCUT2D eigenvalue weighted by atomic mass is 16.7. The van der Waals surface area contributed by atoms with E-state index < -0.39 is 6.04 Å². The number of nitrogens with two attached hydrogens (primary N) is 1. The van der Waals surface area contributed by atoms with Crippen molar-refractivity contribution in [2.75, 3.05) is 6.54 Å². The molecule has 3 aliphatic carbocycles. The van der Waals surface area contributed by atoms with E-state index in [-0.39, 0.29) is 36.0 Å². The van der Waals surface area contributed by atoms with Gasteiger partial charge in [0.2, 0.25) is 5.91 Å². The van der Waals surface area contributed by atoms with Gasteiger partial charge in [0.1, 0.15) is 0 Å². The lowest BCUT2D eigenvalue weighted by molar-refractivity contribution is -0.199. The quantitative estimate of drug-likeness (QED) is 0.411. The maximum Gasteiger partial charge on any atom is 0.463 e. The summed E-state index contributed by atoms with van der Waals surface area (Å²) >= 11 is 0. The molecule has 2 bridgehead atoms. The fourth-order valence-electron chi connectivity index (χ4n) is 7.36. The molecule has 0 spiro atoms. The molecule has 1 aliphatic heterocycles. The number of carbonyl (C=O) groups excluding carboxylic acids is 1. The number of rotatable bonds is 8. The van der Waals surface area contributed by atoms with Crippen molar-refractivity contribution in [1.82, 2.24) is 5.32 Å². The number of benzene rings is 3. The van der Waals surface area contributed by atoms with Crippen LogP contribution < -0.4 is 11.1 Å². The van der Waals surface area contributed by atoms with Crippen LogP contribution in [0.4, 0.5) is 0 Å². The lowest BCUT2D eigenvalue weighted by Crippen LogP contribution is -2.65. The highest BCUT2D eigenvalue weighted by Gasteiger charge is 2.68. The normalized spacial score (nSPS) is 28.8. The Kier molecular flexibility index (Phi) is 6.62. The molecule has 7 rings (SSSR count). The fraction of sp³-hybridized carbons (Fsp3) is 0.469. The van der Waals surface area contributed by atoms with Gasteiger partial charge >= 0.3 is 7.12 Å². The molecule has 3 saturated carbocycles. The molecule has 3 aromatic carbocycles. The minimum Gasteiger partial charge on any atom is -0.405 e. The van der Waals surface area contributed by atoms with Crippen LogP contribution >= 0.6 is 0 Å². The Labute approximate surface area is 226 Å². The van der Waals surface area contributed by atoms with Gasteiger partial charge in [-0.3, -0.25) is 4.79 Å². The molecule has 1 unspecified atom stereocenters. The zero-order valence-corrected chi connectivity index (χ0v) is 22.7. The Morgan fingerprint density at radius 1 is 0.974 bits per heavy atom. The van der Waals surface area contributed by atoms with Gasteiger partial charge in [0.05, 0.1) is 17.7 Å². The third-order valence-corrected chi connectivity index (χ3v) is 9.84. The first-order valence-corrected chi connectivity index (χ1v) is 14.1. The lowest BCUT2D eigenvalue weighted by atomic mass is 9.43. The van der Waals surface area contributed by atoms with Gasteiger partial charge in [0.25, 0.3) is 0 Å². The predicted molar refractivity (Wildman–Crippen MR) is 153 cm³/mol. The molecule has 198 valence electrons. The van der Waals surface area contributed by atoms with Crippen LogP contribution in [-0.2, 0) is 26.9 Å². The Hall–Kier alpha value is -2.67. The second kappa shape index (κ2) is 9.82. The number of hydrogen-bond donors (Lipinski definition) is 2. The molecule has 3 aromatic rings. The molecule has 0 aromatic heterocycles. The second-order valence-corrected chi connectivity index (χ2v) is 12.5. The van der Waals surface area contributed by atoms with Crippen molar-refractivity contribution in [2.45, 2.75) is 70.0 Å². The summed E-state index contributed by atoms with van der Waals surface area (Å²) in [4.78, 5) is 13.0. The Morgan fingerprint density at radius 3 is 2.47 bits per heavy atom. The van der Waals surface area contributed by atoms with Crippen molar-refractivity contribution in [3.63, 3.8) is 0 Å². The van der Waals surface area contributed by atoms with Gasteiger partial charge < -0.3 is 20.4 Å². The van der Waals surface area contributed by atoms with E-state index in [0.717, 1.165) is 18.4 Å². The maximum atomic E-state index is 13.0. The van der Waals surface area contributed by atoms with E-state index in [1.54, 1.807) is 0 Å². The zero-order chi connectivity index (χ0) is 26.5. The van der Waals surface area contributed by atoms with Crippen molar-refractivity contribution in [1.29, 1.82) is 0 Å². The summed E-state index contributed by atoms with van der Waals surface area (Å²) in [7, 11) is -0.364. The van der Waals surface area contributed by atoms with Crippen molar-refractivity contribution in [2.24, 2.45) is 23.0 Å². The Morgan fingerprint density at radius 2 is 1.71 bits per heavy atom. The summed E-state index contributed by atoms with van der Waals surface area (Å²) in [6, 6.07) is 24.3. The van der Waals surface area contributed by atoms with Gasteiger partial charge in [-0.25, -0.2) is 0 Å². The molecule has 1 amide bonds. The molecule has 38 heavy (non-hydrogen) atoms. The molecule has 6 atom stereocenters. The number of carbonyl (C=O) groups is 1. The van der Waals surface area contributed by atoms with E-state index in [1.807, 2.05) is 30.3 Å². The van der Waals surface area contributed by atoms with Crippen molar-refractivity contribution >= 4 is 23.8 Å². The van der Waals surface area contributed by atoms with E-state index >= 15 is 0 Å². The molecule has 3 N–H and O–H groups in total. The van der Waals surface area contributed by atoms with Gasteiger partial charge in [-0.2, -0.15) is 0 Å². The smallest absolute Gasteiger partial charge is 0.405 e. The van der Waals surface area contributed by atoms with E-state index in [2.05, 4.69) is 68.6 Å². The number of amides is 1. The molecule has 6 heteroatoms. The van der Waals surface area contributed by atoms with Gasteiger partial charge in [0.15, 0.2) is 0 Å². The SMILES string of the molecule is CC1(C)[C@H]2C[C@@H]3OB(C(CNC(=O)[C@@H](N)Cc4ccccc4)Cc4ccc5ccccc5c4)O[C@]3(C)[C@@H]1C2. The summed E-state index contributed by atoms with van der Waals surface area (Å²) in [6.07, 6.45) is 3.64. The molecule has 5 nitrogen and oxygen atoms in total. The summed E-state index contributed by atoms with van der Waals surface area (Å²) < 4.78 is 13.5. The number of nitrogens with one attached hydrogen (secondary N) is 1. The first-order valence-electron chi connectivity index (χ1n) is 14.1. The van der Waals surface area contributed by atoms with Gasteiger partial charge in [-0.05, 0) is 71.8 Å². The maximum absolute atomic E-state index is 13.0. The van der Waals surface area contributed by atoms with Crippen molar-refractivity contribution in [3.8, 4) is 0 Å². The number of fused-ring (bicyclic) bond motifs is 1. The van der Waals surface area contributed by atoms with Crippen molar-refractivity contribution < 1.29 is 14.1 Å². The van der Waals surface area contributed by atoms with E-state index in [0.29, 0.717) is 24.8 Å². The third-order valence-electron chi connectivity index (χ3n) is 9.84. The predicted octanol–water partition coefficient (Wildman–Crippen LogP) is 5.17. The summed E-state index contributed by atoms with van der Waals surface area (Å²) in [6.45, 7) is 7.47. The zero-order valence-electron chi connectivity index (χ0n) is 22.7. The standard InChI is InChI=1S/C32H39BN2O3/c1-31(2)25-18-28(31)32(3)29(19-25)37-33(38-32)26(16-22-13-14-23-11-7-8-12-24(23)15-22)20-35-30(36)27(34)17-21-9-5-4-6-10-21/h4-15,25-29H,16-20,34H2,1-3H3,(H,35,36)/t25-,26?,27+,28-,29+,32-/m1/s1. The summed E-state index contributed by atoms with van der Waals surface area (Å²) in [5.41, 5.74) is 8.58. The molecule has 1 saturated heterocycles. The molecule has 4 fully saturated rings. The minimum atomic E-state index is -0.600.